The highest BCUT2D eigenvalue weighted by molar-refractivity contribution is 5.74. The zero-order chi connectivity index (χ0) is 13.5. The van der Waals surface area contributed by atoms with Gasteiger partial charge in [-0.3, -0.25) is 4.68 Å². The lowest BCUT2D eigenvalue weighted by atomic mass is 10.2. The average Bonchev–Trinajstić information content (AvgIpc) is 2.75. The number of aryl methyl sites for hydroxylation is 1. The molecule has 6 heteroatoms. The number of nitrogens with zero attached hydrogens (tertiary/aromatic N) is 3. The molecule has 0 bridgehead atoms. The second-order valence-corrected chi connectivity index (χ2v) is 4.33. The molecule has 0 radical (unpaired) electrons. The summed E-state index contributed by atoms with van der Waals surface area (Å²) in [4.78, 5) is 13.6. The predicted octanol–water partition coefficient (Wildman–Crippen LogP) is 0.895. The lowest BCUT2D eigenvalue weighted by Gasteiger charge is -2.23. The molecule has 0 aliphatic carbocycles. The molecule has 0 aromatic carbocycles. The molecule has 1 atom stereocenters. The zero-order valence-corrected chi connectivity index (χ0v) is 11.3. The van der Waals surface area contributed by atoms with Crippen molar-refractivity contribution in [3.05, 3.63) is 18.0 Å². The molecule has 0 spiro atoms. The van der Waals surface area contributed by atoms with Crippen LogP contribution in [-0.4, -0.2) is 45.5 Å². The highest BCUT2D eigenvalue weighted by atomic mass is 16.3. The molecule has 1 rings (SSSR count). The lowest BCUT2D eigenvalue weighted by molar-refractivity contribution is 0.174. The minimum absolute atomic E-state index is 0.0192. The fourth-order valence-corrected chi connectivity index (χ4v) is 1.73. The van der Waals surface area contributed by atoms with Crippen molar-refractivity contribution in [3.8, 4) is 0 Å². The second kappa shape index (κ2) is 7.00. The zero-order valence-electron chi connectivity index (χ0n) is 11.3. The quantitative estimate of drug-likeness (QED) is 0.792. The van der Waals surface area contributed by atoms with Crippen LogP contribution >= 0.6 is 0 Å². The first-order valence-corrected chi connectivity index (χ1v) is 6.23. The fourth-order valence-electron chi connectivity index (χ4n) is 1.73. The monoisotopic (exact) mass is 254 g/mol. The minimum Gasteiger partial charge on any atom is -0.395 e. The van der Waals surface area contributed by atoms with Crippen LogP contribution in [0, 0.1) is 0 Å². The van der Waals surface area contributed by atoms with Crippen LogP contribution in [0.2, 0.25) is 0 Å². The highest BCUT2D eigenvalue weighted by Crippen LogP contribution is 2.10. The van der Waals surface area contributed by atoms with E-state index in [4.69, 9.17) is 5.11 Å². The number of hydrogen-bond acceptors (Lipinski definition) is 3. The topological polar surface area (TPSA) is 70.4 Å². The van der Waals surface area contributed by atoms with E-state index in [9.17, 15) is 4.79 Å². The van der Waals surface area contributed by atoms with E-state index in [0.717, 1.165) is 12.0 Å². The van der Waals surface area contributed by atoms with Gasteiger partial charge >= 0.3 is 6.03 Å². The molecule has 0 aliphatic rings. The molecular weight excluding hydrogens is 232 g/mol. The Bertz CT molecular complexity index is 372. The number of hydrogen-bond donors (Lipinski definition) is 2. The largest absolute Gasteiger partial charge is 0.395 e. The van der Waals surface area contributed by atoms with Crippen molar-refractivity contribution in [2.45, 2.75) is 26.3 Å². The first-order chi connectivity index (χ1) is 8.58. The number of urea groups is 1. The van der Waals surface area contributed by atoms with Crippen molar-refractivity contribution in [2.24, 2.45) is 7.05 Å². The molecule has 2 N–H and O–H groups in total. The summed E-state index contributed by atoms with van der Waals surface area (Å²) >= 11 is 0. The molecule has 0 fully saturated rings. The van der Waals surface area contributed by atoms with E-state index >= 15 is 0 Å². The Morgan fingerprint density at radius 1 is 1.61 bits per heavy atom. The van der Waals surface area contributed by atoms with Crippen LogP contribution in [0.25, 0.3) is 0 Å². The van der Waals surface area contributed by atoms with E-state index < -0.39 is 0 Å². The van der Waals surface area contributed by atoms with Crippen LogP contribution in [0.3, 0.4) is 0 Å². The summed E-state index contributed by atoms with van der Waals surface area (Å²) in [5.41, 5.74) is 0.964. The number of nitrogens with one attached hydrogen (secondary N) is 1. The number of carbonyl (C=O) groups excluding carboxylic acids is 1. The van der Waals surface area contributed by atoms with Gasteiger partial charge in [0.15, 0.2) is 0 Å². The number of rotatable bonds is 6. The maximum absolute atomic E-state index is 12.0. The molecular formula is C12H22N4O2. The number of aromatic nitrogens is 2. The molecule has 1 aromatic heterocycles. The van der Waals surface area contributed by atoms with Crippen LogP contribution in [0.4, 0.5) is 4.79 Å². The van der Waals surface area contributed by atoms with Crippen molar-refractivity contribution < 1.29 is 9.90 Å². The van der Waals surface area contributed by atoms with Crippen LogP contribution in [0.1, 0.15) is 31.9 Å². The van der Waals surface area contributed by atoms with E-state index in [1.54, 1.807) is 15.8 Å². The summed E-state index contributed by atoms with van der Waals surface area (Å²) in [5.74, 6) is 0. The first kappa shape index (κ1) is 14.5. The molecule has 102 valence electrons. The Morgan fingerprint density at radius 3 is 2.83 bits per heavy atom. The van der Waals surface area contributed by atoms with Gasteiger partial charge in [0.2, 0.25) is 0 Å². The first-order valence-electron chi connectivity index (χ1n) is 6.23. The maximum atomic E-state index is 12.0. The van der Waals surface area contributed by atoms with E-state index in [1.165, 1.54) is 0 Å². The molecule has 6 nitrogen and oxygen atoms in total. The normalized spacial score (nSPS) is 12.2. The van der Waals surface area contributed by atoms with Gasteiger partial charge in [-0.2, -0.15) is 5.10 Å². The van der Waals surface area contributed by atoms with Crippen molar-refractivity contribution in [1.29, 1.82) is 0 Å². The second-order valence-electron chi connectivity index (χ2n) is 4.33. The molecule has 1 heterocycles. The molecule has 0 saturated carbocycles. The van der Waals surface area contributed by atoms with Gasteiger partial charge in [0.05, 0.1) is 18.8 Å². The van der Waals surface area contributed by atoms with Gasteiger partial charge in [0, 0.05) is 31.9 Å². The van der Waals surface area contributed by atoms with Gasteiger partial charge in [-0.25, -0.2) is 4.79 Å². The van der Waals surface area contributed by atoms with E-state index in [1.807, 2.05) is 27.1 Å². The van der Waals surface area contributed by atoms with E-state index in [-0.39, 0.29) is 18.7 Å². The molecule has 18 heavy (non-hydrogen) atoms. The Hall–Kier alpha value is -1.56. The Morgan fingerprint density at radius 2 is 2.33 bits per heavy atom. The fraction of sp³-hybridized carbons (Fsp3) is 0.667. The van der Waals surface area contributed by atoms with Crippen molar-refractivity contribution in [1.82, 2.24) is 20.0 Å². The van der Waals surface area contributed by atoms with Crippen LogP contribution in [0.15, 0.2) is 12.4 Å². The van der Waals surface area contributed by atoms with Crippen LogP contribution in [0.5, 0.6) is 0 Å². The summed E-state index contributed by atoms with van der Waals surface area (Å²) in [6.45, 7) is 4.90. The number of amides is 2. The van der Waals surface area contributed by atoms with E-state index in [2.05, 4.69) is 10.4 Å². The summed E-state index contributed by atoms with van der Waals surface area (Å²) < 4.78 is 1.70. The summed E-state index contributed by atoms with van der Waals surface area (Å²) in [7, 11) is 1.84. The van der Waals surface area contributed by atoms with E-state index in [0.29, 0.717) is 13.1 Å². The van der Waals surface area contributed by atoms with Gasteiger partial charge in [0.1, 0.15) is 0 Å². The molecule has 0 aliphatic heterocycles. The third kappa shape index (κ3) is 4.03. The lowest BCUT2D eigenvalue weighted by Crippen LogP contribution is -2.42. The number of aliphatic hydroxyl groups excluding tert-OH is 1. The Kier molecular flexibility index (Phi) is 5.64. The third-order valence-corrected chi connectivity index (χ3v) is 2.72. The number of aliphatic hydroxyl groups is 1. The van der Waals surface area contributed by atoms with Gasteiger partial charge < -0.3 is 15.3 Å². The van der Waals surface area contributed by atoms with Crippen molar-refractivity contribution in [3.63, 3.8) is 0 Å². The molecule has 1 aromatic rings. The van der Waals surface area contributed by atoms with Gasteiger partial charge in [-0.15, -0.1) is 0 Å². The van der Waals surface area contributed by atoms with Crippen LogP contribution < -0.4 is 5.32 Å². The predicted molar refractivity (Wildman–Crippen MR) is 69.1 cm³/mol. The third-order valence-electron chi connectivity index (χ3n) is 2.72. The SMILES string of the molecule is CCCN(CCO)C(=O)NC(C)c1cnn(C)c1. The minimum atomic E-state index is -0.151. The van der Waals surface area contributed by atoms with Crippen molar-refractivity contribution >= 4 is 6.03 Å². The maximum Gasteiger partial charge on any atom is 0.317 e. The van der Waals surface area contributed by atoms with Gasteiger partial charge in [-0.1, -0.05) is 6.92 Å². The smallest absolute Gasteiger partial charge is 0.317 e. The molecule has 0 saturated heterocycles. The van der Waals surface area contributed by atoms with Gasteiger partial charge in [-0.05, 0) is 13.3 Å². The highest BCUT2D eigenvalue weighted by Gasteiger charge is 2.16. The molecule has 2 amide bonds. The Labute approximate surface area is 108 Å². The standard InChI is InChI=1S/C12H22N4O2/c1-4-5-16(6-7-17)12(18)14-10(2)11-8-13-15(3)9-11/h8-10,17H,4-7H2,1-3H3,(H,14,18). The molecule has 1 unspecified atom stereocenters. The van der Waals surface area contributed by atoms with Crippen LogP contribution in [-0.2, 0) is 7.05 Å². The average molecular weight is 254 g/mol. The number of carbonyl (C=O) groups is 1. The Balaban J connectivity index is 2.56. The summed E-state index contributed by atoms with van der Waals surface area (Å²) in [5, 5.41) is 15.9. The summed E-state index contributed by atoms with van der Waals surface area (Å²) in [6, 6.07) is -0.244. The van der Waals surface area contributed by atoms with Gasteiger partial charge in [0.25, 0.3) is 0 Å². The van der Waals surface area contributed by atoms with Crippen molar-refractivity contribution in [2.75, 3.05) is 19.7 Å². The summed E-state index contributed by atoms with van der Waals surface area (Å²) in [6.07, 6.45) is 4.48.